The van der Waals surface area contributed by atoms with E-state index in [0.717, 1.165) is 23.2 Å². The van der Waals surface area contributed by atoms with Crippen molar-refractivity contribution in [2.24, 2.45) is 35.5 Å². The molecule has 1 aliphatic heterocycles. The molecular formula is C22H24N2O3. The van der Waals surface area contributed by atoms with Crippen LogP contribution in [0.15, 0.2) is 30.4 Å². The molecule has 1 saturated heterocycles. The van der Waals surface area contributed by atoms with E-state index in [9.17, 15) is 14.4 Å². The Hall–Kier alpha value is -2.43. The Kier molecular flexibility index (Phi) is 3.58. The number of benzene rings is 1. The molecule has 1 heterocycles. The Morgan fingerprint density at radius 3 is 2.30 bits per heavy atom. The quantitative estimate of drug-likeness (QED) is 0.660. The number of carbonyl (C=O) groups is 3. The number of nitrogens with zero attached hydrogens (tertiary/aromatic N) is 1. The first-order valence-corrected chi connectivity index (χ1v) is 9.86. The van der Waals surface area contributed by atoms with Gasteiger partial charge < -0.3 is 5.32 Å². The SMILES string of the molecule is Cc1ccc(NC(=O)CCN2C(=O)[C@@H]3[C@H]4C=C[C@@H]([C@@H]5C[C@H]45)[C@H]3C2=O)c(C)c1. The minimum absolute atomic E-state index is 0.0611. The number of likely N-dealkylation sites (tertiary alicyclic amines) is 1. The maximum atomic E-state index is 12.9. The molecule has 1 aromatic carbocycles. The average Bonchev–Trinajstić information content (AvgIpc) is 3.41. The Morgan fingerprint density at radius 2 is 1.70 bits per heavy atom. The zero-order chi connectivity index (χ0) is 18.9. The van der Waals surface area contributed by atoms with Gasteiger partial charge >= 0.3 is 0 Å². The highest BCUT2D eigenvalue weighted by Crippen LogP contribution is 2.65. The van der Waals surface area contributed by atoms with E-state index in [4.69, 9.17) is 0 Å². The van der Waals surface area contributed by atoms with Crippen molar-refractivity contribution in [1.82, 2.24) is 4.90 Å². The van der Waals surface area contributed by atoms with Gasteiger partial charge in [-0.15, -0.1) is 0 Å². The second-order valence-corrected chi connectivity index (χ2v) is 8.60. The molecule has 5 heteroatoms. The second kappa shape index (κ2) is 5.78. The van der Waals surface area contributed by atoms with Gasteiger partial charge in [-0.1, -0.05) is 29.8 Å². The molecule has 6 rings (SSSR count). The maximum absolute atomic E-state index is 12.9. The molecule has 0 unspecified atom stereocenters. The van der Waals surface area contributed by atoms with Crippen LogP contribution in [0.3, 0.4) is 0 Å². The lowest BCUT2D eigenvalue weighted by atomic mass is 9.63. The number of amides is 3. The van der Waals surface area contributed by atoms with Crippen molar-refractivity contribution in [1.29, 1.82) is 0 Å². The molecule has 5 aliphatic rings. The van der Waals surface area contributed by atoms with E-state index in [1.165, 1.54) is 4.90 Å². The number of carbonyl (C=O) groups excluding carboxylic acids is 3. The van der Waals surface area contributed by atoms with Gasteiger partial charge in [0.25, 0.3) is 0 Å². The molecular weight excluding hydrogens is 340 g/mol. The molecule has 5 nitrogen and oxygen atoms in total. The highest BCUT2D eigenvalue weighted by molar-refractivity contribution is 6.06. The number of allylic oxidation sites excluding steroid dienone is 2. The van der Waals surface area contributed by atoms with Crippen LogP contribution < -0.4 is 5.32 Å². The maximum Gasteiger partial charge on any atom is 0.233 e. The summed E-state index contributed by atoms with van der Waals surface area (Å²) < 4.78 is 0. The second-order valence-electron chi connectivity index (χ2n) is 8.60. The first kappa shape index (κ1) is 16.7. The Labute approximate surface area is 158 Å². The van der Waals surface area contributed by atoms with Crippen molar-refractivity contribution in [2.45, 2.75) is 26.7 Å². The molecule has 2 saturated carbocycles. The van der Waals surface area contributed by atoms with Crippen molar-refractivity contribution in [3.63, 3.8) is 0 Å². The van der Waals surface area contributed by atoms with Crippen LogP contribution in [0.4, 0.5) is 5.69 Å². The lowest BCUT2D eigenvalue weighted by molar-refractivity contribution is -0.140. The highest BCUT2D eigenvalue weighted by atomic mass is 16.2. The highest BCUT2D eigenvalue weighted by Gasteiger charge is 2.66. The van der Waals surface area contributed by atoms with Gasteiger partial charge in [-0.3, -0.25) is 19.3 Å². The van der Waals surface area contributed by atoms with E-state index < -0.39 is 0 Å². The van der Waals surface area contributed by atoms with E-state index in [1.54, 1.807) is 0 Å². The lowest BCUT2D eigenvalue weighted by Crippen LogP contribution is -2.40. The first-order valence-electron chi connectivity index (χ1n) is 9.86. The largest absolute Gasteiger partial charge is 0.326 e. The summed E-state index contributed by atoms with van der Waals surface area (Å²) in [5.41, 5.74) is 2.92. The molecule has 0 aromatic heterocycles. The van der Waals surface area contributed by atoms with Crippen LogP contribution in [0.2, 0.25) is 0 Å². The van der Waals surface area contributed by atoms with Gasteiger partial charge in [0, 0.05) is 18.7 Å². The predicted octanol–water partition coefficient (Wildman–Crippen LogP) is 2.69. The standard InChI is InChI=1S/C22H24N2O3/c1-11-3-6-17(12(2)9-11)23-18(25)7-8-24-21(26)19-13-4-5-14(16-10-15(13)16)20(19)22(24)27/h3-6,9,13-16,19-20H,7-8,10H2,1-2H3,(H,23,25)/t13-,14-,15-,16+,19+,20+/m0/s1. The minimum Gasteiger partial charge on any atom is -0.326 e. The Bertz CT molecular complexity index is 854. The molecule has 1 aromatic rings. The average molecular weight is 364 g/mol. The third kappa shape index (κ3) is 2.47. The zero-order valence-corrected chi connectivity index (χ0v) is 15.6. The van der Waals surface area contributed by atoms with E-state index in [2.05, 4.69) is 17.5 Å². The molecule has 2 bridgehead atoms. The number of imide groups is 1. The first-order chi connectivity index (χ1) is 13.0. The van der Waals surface area contributed by atoms with E-state index in [1.807, 2.05) is 32.0 Å². The predicted molar refractivity (Wildman–Crippen MR) is 101 cm³/mol. The summed E-state index contributed by atoms with van der Waals surface area (Å²) in [5.74, 6) is 1.02. The molecule has 140 valence electrons. The van der Waals surface area contributed by atoms with Crippen LogP contribution in [0.1, 0.15) is 24.0 Å². The van der Waals surface area contributed by atoms with Gasteiger partial charge in [0.05, 0.1) is 11.8 Å². The van der Waals surface area contributed by atoms with Gasteiger partial charge in [-0.25, -0.2) is 0 Å². The number of anilines is 1. The molecule has 0 spiro atoms. The minimum atomic E-state index is -0.182. The van der Waals surface area contributed by atoms with Crippen molar-refractivity contribution >= 4 is 23.4 Å². The number of aryl methyl sites for hydroxylation is 2. The molecule has 1 N–H and O–H groups in total. The topological polar surface area (TPSA) is 66.5 Å². The summed E-state index contributed by atoms with van der Waals surface area (Å²) in [5, 5.41) is 2.90. The van der Waals surface area contributed by atoms with Crippen LogP contribution in [0.5, 0.6) is 0 Å². The van der Waals surface area contributed by atoms with Crippen LogP contribution in [-0.4, -0.2) is 29.2 Å². The smallest absolute Gasteiger partial charge is 0.233 e. The third-order valence-corrected chi connectivity index (χ3v) is 6.97. The van der Waals surface area contributed by atoms with Crippen LogP contribution in [0, 0.1) is 49.4 Å². The van der Waals surface area contributed by atoms with E-state index in [0.29, 0.717) is 11.8 Å². The molecule has 6 atom stereocenters. The summed E-state index contributed by atoms with van der Waals surface area (Å²) in [6.07, 6.45) is 5.64. The molecule has 0 radical (unpaired) electrons. The van der Waals surface area contributed by atoms with Crippen molar-refractivity contribution < 1.29 is 14.4 Å². The summed E-state index contributed by atoms with van der Waals surface area (Å²) in [6.45, 7) is 4.14. The normalized spacial score (nSPS) is 35.3. The van der Waals surface area contributed by atoms with E-state index in [-0.39, 0.29) is 54.4 Å². The van der Waals surface area contributed by atoms with Crippen LogP contribution >= 0.6 is 0 Å². The summed E-state index contributed by atoms with van der Waals surface area (Å²) in [6, 6.07) is 5.86. The van der Waals surface area contributed by atoms with Gasteiger partial charge in [0.2, 0.25) is 17.7 Å². The fourth-order valence-corrected chi connectivity index (χ4v) is 5.62. The fraction of sp³-hybridized carbons (Fsp3) is 0.500. The Morgan fingerprint density at radius 1 is 1.07 bits per heavy atom. The third-order valence-electron chi connectivity index (χ3n) is 6.97. The van der Waals surface area contributed by atoms with Crippen LogP contribution in [-0.2, 0) is 14.4 Å². The van der Waals surface area contributed by atoms with Gasteiger partial charge in [-0.2, -0.15) is 0 Å². The van der Waals surface area contributed by atoms with Crippen molar-refractivity contribution in [2.75, 3.05) is 11.9 Å². The summed E-state index contributed by atoms with van der Waals surface area (Å²) >= 11 is 0. The summed E-state index contributed by atoms with van der Waals surface area (Å²) in [7, 11) is 0. The van der Waals surface area contributed by atoms with Crippen molar-refractivity contribution in [3.05, 3.63) is 41.5 Å². The number of hydrogen-bond donors (Lipinski definition) is 1. The fourth-order valence-electron chi connectivity index (χ4n) is 5.62. The number of hydrogen-bond acceptors (Lipinski definition) is 3. The number of nitrogens with one attached hydrogen (secondary N) is 1. The molecule has 3 fully saturated rings. The van der Waals surface area contributed by atoms with Gasteiger partial charge in [-0.05, 0) is 55.6 Å². The molecule has 27 heavy (non-hydrogen) atoms. The lowest BCUT2D eigenvalue weighted by Gasteiger charge is -2.37. The Balaban J connectivity index is 1.25. The number of rotatable bonds is 4. The van der Waals surface area contributed by atoms with Crippen molar-refractivity contribution in [3.8, 4) is 0 Å². The zero-order valence-electron chi connectivity index (χ0n) is 15.6. The molecule has 4 aliphatic carbocycles. The van der Waals surface area contributed by atoms with Crippen LogP contribution in [0.25, 0.3) is 0 Å². The van der Waals surface area contributed by atoms with Gasteiger partial charge in [0.15, 0.2) is 0 Å². The van der Waals surface area contributed by atoms with E-state index >= 15 is 0 Å². The van der Waals surface area contributed by atoms with Gasteiger partial charge in [0.1, 0.15) is 0 Å². The monoisotopic (exact) mass is 364 g/mol. The molecule has 3 amide bonds. The summed E-state index contributed by atoms with van der Waals surface area (Å²) in [4.78, 5) is 39.5.